The molecule has 0 amide bonds. The summed E-state index contributed by atoms with van der Waals surface area (Å²) in [7, 11) is 0. The Balaban J connectivity index is 0.892. The second-order valence-electron chi connectivity index (χ2n) is 24.9. The highest BCUT2D eigenvalue weighted by Crippen LogP contribution is 2.48. The van der Waals surface area contributed by atoms with Gasteiger partial charge in [-0.25, -0.2) is 26.8 Å². The van der Waals surface area contributed by atoms with Crippen molar-refractivity contribution in [2.75, 3.05) is 0 Å². The summed E-state index contributed by atoms with van der Waals surface area (Å²) in [4.78, 5) is 4.27. The molecule has 0 aliphatic carbocycles. The van der Waals surface area contributed by atoms with E-state index in [4.69, 9.17) is 0 Å². The van der Waals surface area contributed by atoms with Crippen LogP contribution in [0.3, 0.4) is 0 Å². The summed E-state index contributed by atoms with van der Waals surface area (Å²) in [5, 5.41) is 11.5. The molecule has 0 spiro atoms. The van der Waals surface area contributed by atoms with Gasteiger partial charge in [0, 0.05) is 98.6 Å². The molecular formula is C85H46F5N7. The van der Waals surface area contributed by atoms with E-state index in [1.165, 1.54) is 12.1 Å². The summed E-state index contributed by atoms with van der Waals surface area (Å²) in [6.45, 7) is 9.22. The van der Waals surface area contributed by atoms with Gasteiger partial charge in [-0.2, -0.15) is 0 Å². The van der Waals surface area contributed by atoms with E-state index in [9.17, 15) is 6.57 Å². The van der Waals surface area contributed by atoms with Crippen LogP contribution in [0.1, 0.15) is 0 Å². The van der Waals surface area contributed by atoms with Gasteiger partial charge in [-0.3, -0.25) is 0 Å². The van der Waals surface area contributed by atoms with Crippen molar-refractivity contribution in [3.8, 4) is 45.3 Å². The van der Waals surface area contributed by atoms with Gasteiger partial charge in [0.15, 0.2) is 23.3 Å². The van der Waals surface area contributed by atoms with Crippen LogP contribution in [0.4, 0.5) is 27.6 Å². The van der Waals surface area contributed by atoms with Crippen molar-refractivity contribution in [1.82, 2.24) is 27.4 Å². The minimum Gasteiger partial charge on any atom is -0.319 e. The SMILES string of the molecule is [C-]#[N+]c1cc(-n2c3ccc(-n4c5ccccc5c5ccccc54)cc3c3cc(-n4c5ccccc5c5ccccc54)ccc32)c(-c2c(F)c(F)c(F)c(F)c2F)cc1-n1c2ccc(-n3c4ccccc4c4ccccc43)cc2c2cc(-n3c4ccccc4c4ccccc43)ccc21. The molecule has 20 rings (SSSR count). The molecule has 14 aromatic carbocycles. The Kier molecular flexibility index (Phi) is 11.4. The maximum Gasteiger partial charge on any atom is 0.212 e. The molecule has 6 aromatic heterocycles. The lowest BCUT2D eigenvalue weighted by Gasteiger charge is -2.20. The Morgan fingerprint density at radius 3 is 0.701 bits per heavy atom. The number of fused-ring (bicyclic) bond motifs is 18. The molecule has 0 aliphatic heterocycles. The van der Waals surface area contributed by atoms with E-state index < -0.39 is 34.6 Å². The fourth-order valence-corrected chi connectivity index (χ4v) is 15.9. The maximum absolute atomic E-state index is 17.4. The third-order valence-corrected chi connectivity index (χ3v) is 20.0. The molecule has 456 valence electrons. The molecule has 0 saturated carbocycles. The number of hydrogen-bond acceptors (Lipinski definition) is 0. The molecular weight excluding hydrogens is 1210 g/mol. The van der Waals surface area contributed by atoms with E-state index >= 15 is 22.0 Å². The zero-order valence-corrected chi connectivity index (χ0v) is 51.1. The van der Waals surface area contributed by atoms with E-state index in [2.05, 4.69) is 144 Å². The topological polar surface area (TPSA) is 33.9 Å². The first-order chi connectivity index (χ1) is 47.7. The van der Waals surface area contributed by atoms with Gasteiger partial charge in [0.1, 0.15) is 0 Å². The van der Waals surface area contributed by atoms with Crippen LogP contribution < -0.4 is 0 Å². The average Bonchev–Trinajstić information content (AvgIpc) is 1.60. The van der Waals surface area contributed by atoms with Crippen molar-refractivity contribution >= 4 is 137 Å². The van der Waals surface area contributed by atoms with Crippen LogP contribution in [-0.2, 0) is 0 Å². The van der Waals surface area contributed by atoms with Gasteiger partial charge in [0.2, 0.25) is 11.5 Å². The average molecular weight is 1260 g/mol. The Hall–Kier alpha value is -13.0. The normalized spacial score (nSPS) is 12.2. The highest BCUT2D eigenvalue weighted by Gasteiger charge is 2.32. The molecule has 0 unspecified atom stereocenters. The summed E-state index contributed by atoms with van der Waals surface area (Å²) in [6.07, 6.45) is 0. The highest BCUT2D eigenvalue weighted by atomic mass is 19.2. The lowest BCUT2D eigenvalue weighted by Crippen LogP contribution is -2.08. The van der Waals surface area contributed by atoms with Crippen molar-refractivity contribution in [1.29, 1.82) is 0 Å². The third kappa shape index (κ3) is 7.53. The predicted octanol–water partition coefficient (Wildman–Crippen LogP) is 23.2. The fourth-order valence-electron chi connectivity index (χ4n) is 15.9. The van der Waals surface area contributed by atoms with Crippen LogP contribution in [-0.4, -0.2) is 27.4 Å². The van der Waals surface area contributed by atoms with E-state index in [-0.39, 0.29) is 22.6 Å². The quantitative estimate of drug-likeness (QED) is 0.0660. The smallest absolute Gasteiger partial charge is 0.212 e. The van der Waals surface area contributed by atoms with E-state index in [1.807, 2.05) is 150 Å². The monoisotopic (exact) mass is 1260 g/mol. The molecule has 0 saturated heterocycles. The Morgan fingerprint density at radius 2 is 0.443 bits per heavy atom. The van der Waals surface area contributed by atoms with Crippen LogP contribution in [0.2, 0.25) is 0 Å². The van der Waals surface area contributed by atoms with Gasteiger partial charge in [0.05, 0.1) is 84.0 Å². The summed E-state index contributed by atoms with van der Waals surface area (Å²) in [5.41, 5.74) is 12.2. The first-order valence-electron chi connectivity index (χ1n) is 31.9. The second kappa shape index (κ2) is 20.3. The number of nitrogens with zero attached hydrogens (tertiary/aromatic N) is 7. The van der Waals surface area contributed by atoms with Gasteiger partial charge in [-0.15, -0.1) is 0 Å². The first-order valence-corrected chi connectivity index (χ1v) is 31.9. The number of halogens is 5. The number of hydrogen-bond donors (Lipinski definition) is 0. The van der Waals surface area contributed by atoms with E-state index in [0.29, 0.717) is 32.8 Å². The first kappa shape index (κ1) is 54.6. The van der Waals surface area contributed by atoms with Crippen LogP contribution in [0.15, 0.2) is 279 Å². The summed E-state index contributed by atoms with van der Waals surface area (Å²) in [6, 6.07) is 93.1. The predicted molar refractivity (Wildman–Crippen MR) is 384 cm³/mol. The highest BCUT2D eigenvalue weighted by molar-refractivity contribution is 6.17. The summed E-state index contributed by atoms with van der Waals surface area (Å²) >= 11 is 0. The van der Waals surface area contributed by atoms with Gasteiger partial charge >= 0.3 is 0 Å². The van der Waals surface area contributed by atoms with Gasteiger partial charge in [0.25, 0.3) is 0 Å². The Bertz CT molecular complexity index is 6340. The molecule has 20 aromatic rings. The van der Waals surface area contributed by atoms with Crippen molar-refractivity contribution < 1.29 is 22.0 Å². The molecule has 0 N–H and O–H groups in total. The van der Waals surface area contributed by atoms with Gasteiger partial charge < -0.3 is 27.4 Å². The molecule has 0 fully saturated rings. The molecule has 0 radical (unpaired) electrons. The van der Waals surface area contributed by atoms with Crippen molar-refractivity contribution in [2.24, 2.45) is 0 Å². The standard InChI is InChI=1S/C85H46F5N7/c1-91-65-47-78(96-74-38-34-48(92-66-26-10-2-18-52(66)53-19-3-11-27-67(53)92)42-60(74)61-43-49(35-39-75(61)96)93-68-28-12-4-20-54(68)55-21-5-13-29-69(55)93)64(80-81(86)83(88)85(90)84(89)82(80)87)46-79(65)97-76-40-36-50(94-70-30-14-6-22-56(70)57-23-7-15-31-71(57)94)44-62(76)63-45-51(37-41-77(63)97)95-72-32-16-8-24-58(72)59-25-9-17-33-73(59)95/h2-47H. The molecule has 0 atom stereocenters. The van der Waals surface area contributed by atoms with Gasteiger partial charge in [-0.1, -0.05) is 146 Å². The molecule has 6 heterocycles. The van der Waals surface area contributed by atoms with Crippen LogP contribution in [0, 0.1) is 35.7 Å². The molecule has 0 aliphatic rings. The summed E-state index contributed by atoms with van der Waals surface area (Å²) in [5.74, 6) is -10.5. The number of benzene rings is 14. The zero-order valence-electron chi connectivity index (χ0n) is 51.1. The van der Waals surface area contributed by atoms with E-state index in [0.717, 1.165) is 121 Å². The number of rotatable bonds is 7. The minimum atomic E-state index is -2.29. The lowest BCUT2D eigenvalue weighted by atomic mass is 9.99. The third-order valence-electron chi connectivity index (χ3n) is 20.0. The van der Waals surface area contributed by atoms with Crippen LogP contribution >= 0.6 is 0 Å². The largest absolute Gasteiger partial charge is 0.319 e. The Labute approximate surface area is 547 Å². The van der Waals surface area contributed by atoms with Crippen LogP contribution in [0.25, 0.3) is 181 Å². The number of aromatic nitrogens is 6. The maximum atomic E-state index is 17.4. The Morgan fingerprint density at radius 1 is 0.216 bits per heavy atom. The number of para-hydroxylation sites is 8. The molecule has 12 heteroatoms. The lowest BCUT2D eigenvalue weighted by molar-refractivity contribution is 0.381. The minimum absolute atomic E-state index is 0.00949. The van der Waals surface area contributed by atoms with E-state index in [1.54, 1.807) is 4.57 Å². The van der Waals surface area contributed by atoms with Crippen LogP contribution in [0.5, 0.6) is 0 Å². The van der Waals surface area contributed by atoms with Crippen molar-refractivity contribution in [3.05, 3.63) is 320 Å². The second-order valence-corrected chi connectivity index (χ2v) is 24.9. The fraction of sp³-hybridized carbons (Fsp3) is 0. The molecule has 0 bridgehead atoms. The van der Waals surface area contributed by atoms with Crippen molar-refractivity contribution in [2.45, 2.75) is 0 Å². The summed E-state index contributed by atoms with van der Waals surface area (Å²) < 4.78 is 95.6. The molecule has 7 nitrogen and oxygen atoms in total. The zero-order chi connectivity index (χ0) is 64.6. The molecule has 97 heavy (non-hydrogen) atoms. The van der Waals surface area contributed by atoms with Crippen molar-refractivity contribution in [3.63, 3.8) is 0 Å². The van der Waals surface area contributed by atoms with Gasteiger partial charge in [-0.05, 0) is 133 Å².